The summed E-state index contributed by atoms with van der Waals surface area (Å²) in [6.45, 7) is 6.11. The maximum absolute atomic E-state index is 13.7. The van der Waals surface area contributed by atoms with Crippen LogP contribution in [0.15, 0.2) is 58.4 Å². The molecule has 4 rings (SSSR count). The third-order valence-electron chi connectivity index (χ3n) is 5.53. The average molecular weight is 586 g/mol. The van der Waals surface area contributed by atoms with Gasteiger partial charge in [0.2, 0.25) is 0 Å². The van der Waals surface area contributed by atoms with Crippen molar-refractivity contribution in [1.82, 2.24) is 0 Å². The van der Waals surface area contributed by atoms with E-state index in [4.69, 9.17) is 55.7 Å². The average Bonchev–Trinajstić information content (AvgIpc) is 3.17. The molecule has 0 unspecified atom stereocenters. The third-order valence-corrected chi connectivity index (χ3v) is 7.59. The minimum absolute atomic E-state index is 0.0471. The van der Waals surface area contributed by atoms with Crippen molar-refractivity contribution in [2.75, 3.05) is 18.1 Å². The molecule has 0 saturated carbocycles. The van der Waals surface area contributed by atoms with Crippen LogP contribution in [0.2, 0.25) is 15.1 Å². The van der Waals surface area contributed by atoms with Gasteiger partial charge in [0.15, 0.2) is 16.7 Å². The summed E-state index contributed by atoms with van der Waals surface area (Å²) in [6, 6.07) is 14.4. The van der Waals surface area contributed by atoms with E-state index in [0.717, 1.165) is 11.1 Å². The Morgan fingerprint density at radius 1 is 1.00 bits per heavy atom. The highest BCUT2D eigenvalue weighted by atomic mass is 35.5. The van der Waals surface area contributed by atoms with Gasteiger partial charge in [0.05, 0.1) is 27.9 Å². The number of amides is 1. The number of aliphatic imine (C=N–C) groups is 1. The summed E-state index contributed by atoms with van der Waals surface area (Å²) in [5.74, 6) is 2.95. The summed E-state index contributed by atoms with van der Waals surface area (Å²) in [6.07, 6.45) is 7.06. The van der Waals surface area contributed by atoms with Crippen LogP contribution < -0.4 is 14.4 Å². The lowest BCUT2D eigenvalue weighted by Crippen LogP contribution is -2.28. The maximum Gasteiger partial charge on any atom is 0.271 e. The number of carbonyl (C=O) groups is 1. The van der Waals surface area contributed by atoms with Crippen LogP contribution >= 0.6 is 46.6 Å². The summed E-state index contributed by atoms with van der Waals surface area (Å²) in [5.41, 5.74) is 3.72. The first kappa shape index (κ1) is 27.9. The second-order valence-electron chi connectivity index (χ2n) is 8.27. The molecule has 194 valence electrons. The highest BCUT2D eigenvalue weighted by Crippen LogP contribution is 2.41. The fourth-order valence-electron chi connectivity index (χ4n) is 3.60. The highest BCUT2D eigenvalue weighted by Gasteiger charge is 2.35. The van der Waals surface area contributed by atoms with Crippen molar-refractivity contribution >= 4 is 75.1 Å². The second-order valence-corrected chi connectivity index (χ2v) is 10.5. The van der Waals surface area contributed by atoms with Gasteiger partial charge >= 0.3 is 0 Å². The van der Waals surface area contributed by atoms with E-state index in [-0.39, 0.29) is 12.5 Å². The number of hydrogen-bond donors (Lipinski definition) is 0. The molecule has 5 nitrogen and oxygen atoms in total. The first-order valence-electron chi connectivity index (χ1n) is 11.6. The van der Waals surface area contributed by atoms with Crippen molar-refractivity contribution < 1.29 is 14.3 Å². The summed E-state index contributed by atoms with van der Waals surface area (Å²) in [5, 5.41) is 1.92. The summed E-state index contributed by atoms with van der Waals surface area (Å²) < 4.78 is 11.3. The molecule has 0 radical (unpaired) electrons. The summed E-state index contributed by atoms with van der Waals surface area (Å²) >= 11 is 20.4. The van der Waals surface area contributed by atoms with E-state index in [2.05, 4.69) is 5.92 Å². The molecule has 0 bridgehead atoms. The number of halogens is 3. The number of aryl methyl sites for hydroxylation is 2. The van der Waals surface area contributed by atoms with Gasteiger partial charge in [-0.1, -0.05) is 52.9 Å². The largest absolute Gasteiger partial charge is 0.490 e. The molecule has 0 spiro atoms. The number of terminal acetylenes is 1. The number of benzene rings is 3. The molecule has 0 aliphatic carbocycles. The zero-order valence-electron chi connectivity index (χ0n) is 20.8. The zero-order chi connectivity index (χ0) is 27.4. The van der Waals surface area contributed by atoms with Gasteiger partial charge in [0, 0.05) is 10.0 Å². The molecule has 1 amide bonds. The van der Waals surface area contributed by atoms with Crippen LogP contribution in [0.4, 0.5) is 11.4 Å². The highest BCUT2D eigenvalue weighted by molar-refractivity contribution is 8.19. The molecule has 0 N–H and O–H groups in total. The summed E-state index contributed by atoms with van der Waals surface area (Å²) in [4.78, 5) is 20.4. The van der Waals surface area contributed by atoms with Crippen molar-refractivity contribution in [3.05, 3.63) is 85.2 Å². The Kier molecular flexibility index (Phi) is 8.96. The standard InChI is InChI=1S/C29H23Cl3N2O3S/c1-5-11-37-27-24(32)12-19(13-25(27)36-6-2)14-26-28(35)34(21-10-8-18(4)23(31)16-21)29(38-26)33-20-9-7-17(3)22(30)15-20/h1,7-10,12-16H,6,11H2,2-4H3/b26-14+,33-29?. The van der Waals surface area contributed by atoms with Gasteiger partial charge in [0.1, 0.15) is 6.61 Å². The van der Waals surface area contributed by atoms with Crippen LogP contribution in [-0.4, -0.2) is 24.3 Å². The van der Waals surface area contributed by atoms with Gasteiger partial charge < -0.3 is 9.47 Å². The molecule has 9 heteroatoms. The molecule has 3 aromatic rings. The van der Waals surface area contributed by atoms with Crippen LogP contribution in [0.25, 0.3) is 6.08 Å². The number of amidine groups is 1. The molecular formula is C29H23Cl3N2O3S. The number of hydrogen-bond acceptors (Lipinski definition) is 5. The Morgan fingerprint density at radius 2 is 1.71 bits per heavy atom. The predicted octanol–water partition coefficient (Wildman–Crippen LogP) is 8.48. The number of carbonyl (C=O) groups excluding carboxylic acids is 1. The van der Waals surface area contributed by atoms with Gasteiger partial charge in [-0.05, 0) is 91.7 Å². The number of thioether (sulfide) groups is 1. The van der Waals surface area contributed by atoms with E-state index in [1.54, 1.807) is 30.3 Å². The molecule has 1 aliphatic rings. The number of rotatable bonds is 7. The van der Waals surface area contributed by atoms with E-state index in [0.29, 0.717) is 60.2 Å². The minimum Gasteiger partial charge on any atom is -0.490 e. The van der Waals surface area contributed by atoms with Gasteiger partial charge in [-0.25, -0.2) is 4.99 Å². The van der Waals surface area contributed by atoms with Gasteiger partial charge in [-0.15, -0.1) is 6.42 Å². The van der Waals surface area contributed by atoms with Crippen molar-refractivity contribution in [3.63, 3.8) is 0 Å². The number of anilines is 1. The monoisotopic (exact) mass is 584 g/mol. The van der Waals surface area contributed by atoms with Gasteiger partial charge in [0.25, 0.3) is 5.91 Å². The van der Waals surface area contributed by atoms with E-state index in [1.165, 1.54) is 16.7 Å². The van der Waals surface area contributed by atoms with Crippen LogP contribution in [0.1, 0.15) is 23.6 Å². The molecule has 1 aliphatic heterocycles. The van der Waals surface area contributed by atoms with Crippen LogP contribution in [0.5, 0.6) is 11.5 Å². The van der Waals surface area contributed by atoms with Crippen LogP contribution in [-0.2, 0) is 4.79 Å². The Labute approximate surface area is 241 Å². The van der Waals surface area contributed by atoms with Crippen molar-refractivity contribution in [1.29, 1.82) is 0 Å². The Bertz CT molecular complexity index is 1510. The molecular weight excluding hydrogens is 563 g/mol. The lowest BCUT2D eigenvalue weighted by Gasteiger charge is -2.16. The van der Waals surface area contributed by atoms with Crippen molar-refractivity contribution in [2.45, 2.75) is 20.8 Å². The molecule has 1 heterocycles. The quantitative estimate of drug-likeness (QED) is 0.206. The number of ether oxygens (including phenoxy) is 2. The van der Waals surface area contributed by atoms with E-state index >= 15 is 0 Å². The first-order valence-corrected chi connectivity index (χ1v) is 13.5. The van der Waals surface area contributed by atoms with Crippen molar-refractivity contribution in [3.8, 4) is 23.8 Å². The van der Waals surface area contributed by atoms with E-state index in [1.807, 2.05) is 45.0 Å². The Morgan fingerprint density at radius 3 is 2.37 bits per heavy atom. The summed E-state index contributed by atoms with van der Waals surface area (Å²) in [7, 11) is 0. The maximum atomic E-state index is 13.7. The first-order chi connectivity index (χ1) is 18.2. The smallest absolute Gasteiger partial charge is 0.271 e. The van der Waals surface area contributed by atoms with E-state index < -0.39 is 0 Å². The normalized spacial score (nSPS) is 15.3. The molecule has 38 heavy (non-hydrogen) atoms. The number of nitrogens with zero attached hydrogens (tertiary/aromatic N) is 2. The van der Waals surface area contributed by atoms with Gasteiger partial charge in [-0.3, -0.25) is 9.69 Å². The Hall–Kier alpha value is -3.08. The molecule has 1 fully saturated rings. The Balaban J connectivity index is 1.79. The fourth-order valence-corrected chi connectivity index (χ4v) is 5.22. The SMILES string of the molecule is C#CCOc1c(Cl)cc(/C=C2/SC(=Nc3ccc(C)c(Cl)c3)N(c3ccc(C)c(Cl)c3)C2=O)cc1OCC. The lowest BCUT2D eigenvalue weighted by atomic mass is 10.1. The fraction of sp³-hybridized carbons (Fsp3) is 0.172. The van der Waals surface area contributed by atoms with Crippen LogP contribution in [0.3, 0.4) is 0 Å². The third kappa shape index (κ3) is 6.14. The topological polar surface area (TPSA) is 51.1 Å². The van der Waals surface area contributed by atoms with Crippen LogP contribution in [0, 0.1) is 26.2 Å². The molecule has 0 aromatic heterocycles. The molecule has 3 aromatic carbocycles. The predicted molar refractivity (Wildman–Crippen MR) is 159 cm³/mol. The zero-order valence-corrected chi connectivity index (χ0v) is 23.9. The van der Waals surface area contributed by atoms with Gasteiger partial charge in [-0.2, -0.15) is 0 Å². The van der Waals surface area contributed by atoms with E-state index in [9.17, 15) is 4.79 Å². The second kappa shape index (κ2) is 12.2. The lowest BCUT2D eigenvalue weighted by molar-refractivity contribution is -0.113. The molecule has 0 atom stereocenters. The minimum atomic E-state index is -0.256. The molecule has 1 saturated heterocycles. The van der Waals surface area contributed by atoms with Crippen molar-refractivity contribution in [2.24, 2.45) is 4.99 Å².